The molecular weight excluding hydrogens is 355 g/mol. The van der Waals surface area contributed by atoms with Crippen LogP contribution in [0.25, 0.3) is 10.2 Å². The number of fused-ring (bicyclic) bond motifs is 1. The molecule has 1 aromatic carbocycles. The second kappa shape index (κ2) is 7.62. The number of benzene rings is 1. The van der Waals surface area contributed by atoms with E-state index in [1.165, 1.54) is 46.5 Å². The van der Waals surface area contributed by atoms with Crippen LogP contribution in [-0.2, 0) is 6.42 Å². The molecule has 3 aromatic rings. The van der Waals surface area contributed by atoms with E-state index in [4.69, 9.17) is 4.98 Å². The van der Waals surface area contributed by atoms with Crippen LogP contribution >= 0.6 is 23.1 Å². The molecule has 2 aromatic heterocycles. The number of halogens is 1. The molecule has 0 unspecified atom stereocenters. The van der Waals surface area contributed by atoms with E-state index >= 15 is 0 Å². The smallest absolute Gasteiger partial charge is 0.173 e. The Hall–Kier alpha value is -1.79. The van der Waals surface area contributed by atoms with E-state index in [0.29, 0.717) is 5.56 Å². The fraction of sp³-hybridized carbons (Fsp3) is 0.316. The van der Waals surface area contributed by atoms with Crippen molar-refractivity contribution in [3.8, 4) is 0 Å². The Morgan fingerprint density at radius 2 is 1.92 bits per heavy atom. The van der Waals surface area contributed by atoms with Crippen LogP contribution in [0.15, 0.2) is 29.3 Å². The van der Waals surface area contributed by atoms with E-state index in [2.05, 4.69) is 25.8 Å². The van der Waals surface area contributed by atoms with Gasteiger partial charge in [0.25, 0.3) is 0 Å². The third kappa shape index (κ3) is 3.90. The van der Waals surface area contributed by atoms with Gasteiger partial charge >= 0.3 is 0 Å². The molecule has 2 heterocycles. The Morgan fingerprint density at radius 1 is 1.20 bits per heavy atom. The summed E-state index contributed by atoms with van der Waals surface area (Å²) >= 11 is 3.11. The SMILES string of the molecule is CCCc1nc(SCC(=O)c2ccc(F)cc2)c2c(C)c(C)sc2n1. The predicted octanol–water partition coefficient (Wildman–Crippen LogP) is 5.37. The summed E-state index contributed by atoms with van der Waals surface area (Å²) in [7, 11) is 0. The molecule has 0 amide bonds. The van der Waals surface area contributed by atoms with Crippen molar-refractivity contribution in [1.29, 1.82) is 0 Å². The predicted molar refractivity (Wildman–Crippen MR) is 102 cm³/mol. The monoisotopic (exact) mass is 374 g/mol. The third-order valence-electron chi connectivity index (χ3n) is 4.02. The number of aromatic nitrogens is 2. The first-order valence-electron chi connectivity index (χ1n) is 8.17. The molecular formula is C19H19FN2OS2. The van der Waals surface area contributed by atoms with Gasteiger partial charge in [0.05, 0.1) is 5.75 Å². The molecule has 0 fully saturated rings. The van der Waals surface area contributed by atoms with E-state index in [0.717, 1.165) is 33.9 Å². The van der Waals surface area contributed by atoms with Crippen molar-refractivity contribution in [3.05, 3.63) is 51.9 Å². The van der Waals surface area contributed by atoms with Gasteiger partial charge in [0.1, 0.15) is 21.5 Å². The highest BCUT2D eigenvalue weighted by Gasteiger charge is 2.16. The van der Waals surface area contributed by atoms with Crippen LogP contribution in [0.1, 0.15) is 40.0 Å². The number of hydrogen-bond donors (Lipinski definition) is 0. The number of thioether (sulfide) groups is 1. The van der Waals surface area contributed by atoms with Gasteiger partial charge in [0, 0.05) is 22.2 Å². The Balaban J connectivity index is 1.89. The average Bonchev–Trinajstić information content (AvgIpc) is 2.88. The highest BCUT2D eigenvalue weighted by molar-refractivity contribution is 8.00. The highest BCUT2D eigenvalue weighted by atomic mass is 32.2. The first-order chi connectivity index (χ1) is 12.0. The summed E-state index contributed by atoms with van der Waals surface area (Å²) in [6, 6.07) is 5.67. The van der Waals surface area contributed by atoms with E-state index in [-0.39, 0.29) is 17.4 Å². The van der Waals surface area contributed by atoms with Crippen LogP contribution in [0.3, 0.4) is 0 Å². The summed E-state index contributed by atoms with van der Waals surface area (Å²) in [5.74, 6) is 0.735. The molecule has 3 rings (SSSR count). The fourth-order valence-electron chi connectivity index (χ4n) is 2.55. The van der Waals surface area contributed by atoms with Crippen molar-refractivity contribution >= 4 is 39.1 Å². The Morgan fingerprint density at radius 3 is 2.60 bits per heavy atom. The van der Waals surface area contributed by atoms with Gasteiger partial charge in [-0.05, 0) is 50.1 Å². The first kappa shape index (κ1) is 18.0. The Bertz CT molecular complexity index is 919. The number of Topliss-reactive ketones (excluding diaryl/α,β-unsaturated/α-hetero) is 1. The molecule has 130 valence electrons. The van der Waals surface area contributed by atoms with Gasteiger partial charge in [-0.1, -0.05) is 18.7 Å². The van der Waals surface area contributed by atoms with Crippen LogP contribution in [0.4, 0.5) is 4.39 Å². The average molecular weight is 375 g/mol. The van der Waals surface area contributed by atoms with Gasteiger partial charge < -0.3 is 0 Å². The second-order valence-electron chi connectivity index (χ2n) is 5.88. The van der Waals surface area contributed by atoms with Crippen molar-refractivity contribution < 1.29 is 9.18 Å². The minimum Gasteiger partial charge on any atom is -0.293 e. The number of nitrogens with zero attached hydrogens (tertiary/aromatic N) is 2. The summed E-state index contributed by atoms with van der Waals surface area (Å²) < 4.78 is 13.0. The molecule has 0 aliphatic carbocycles. The molecule has 0 N–H and O–H groups in total. The maximum absolute atomic E-state index is 13.0. The normalized spacial score (nSPS) is 11.2. The maximum atomic E-state index is 13.0. The van der Waals surface area contributed by atoms with Gasteiger partial charge in [-0.2, -0.15) is 0 Å². The summed E-state index contributed by atoms with van der Waals surface area (Å²) in [5, 5.41) is 1.92. The number of thiophene rings is 1. The van der Waals surface area contributed by atoms with Crippen molar-refractivity contribution in [2.75, 3.05) is 5.75 Å². The lowest BCUT2D eigenvalue weighted by molar-refractivity contribution is 0.102. The minimum atomic E-state index is -0.338. The number of rotatable bonds is 6. The molecule has 0 saturated heterocycles. The molecule has 0 spiro atoms. The van der Waals surface area contributed by atoms with Gasteiger partial charge in [0.2, 0.25) is 0 Å². The molecule has 3 nitrogen and oxygen atoms in total. The van der Waals surface area contributed by atoms with E-state index in [9.17, 15) is 9.18 Å². The molecule has 0 saturated carbocycles. The maximum Gasteiger partial charge on any atom is 0.173 e. The Kier molecular flexibility index (Phi) is 5.49. The molecule has 0 aliphatic rings. The molecule has 25 heavy (non-hydrogen) atoms. The summed E-state index contributed by atoms with van der Waals surface area (Å²) in [4.78, 5) is 24.0. The lowest BCUT2D eigenvalue weighted by Crippen LogP contribution is -2.04. The number of aryl methyl sites for hydroxylation is 3. The molecule has 0 bridgehead atoms. The van der Waals surface area contributed by atoms with Crippen molar-refractivity contribution in [2.24, 2.45) is 0 Å². The minimum absolute atomic E-state index is 0.0293. The molecule has 6 heteroatoms. The van der Waals surface area contributed by atoms with Crippen molar-refractivity contribution in [1.82, 2.24) is 9.97 Å². The zero-order chi connectivity index (χ0) is 18.0. The lowest BCUT2D eigenvalue weighted by Gasteiger charge is -2.06. The quantitative estimate of drug-likeness (QED) is 0.330. The zero-order valence-corrected chi connectivity index (χ0v) is 16.1. The standard InChI is InChI=1S/C19H19FN2OS2/c1-4-5-16-21-18(17-11(2)12(3)25-19(17)22-16)24-10-15(23)13-6-8-14(20)9-7-13/h6-9H,4-5,10H2,1-3H3. The third-order valence-corrected chi connectivity index (χ3v) is 6.10. The largest absolute Gasteiger partial charge is 0.293 e. The number of carbonyl (C=O) groups is 1. The fourth-order valence-corrected chi connectivity index (χ4v) is 4.66. The van der Waals surface area contributed by atoms with Crippen molar-refractivity contribution in [3.63, 3.8) is 0 Å². The van der Waals surface area contributed by atoms with Crippen LogP contribution in [-0.4, -0.2) is 21.5 Å². The summed E-state index contributed by atoms with van der Waals surface area (Å²) in [6.45, 7) is 6.26. The van der Waals surface area contributed by atoms with Crippen LogP contribution < -0.4 is 0 Å². The second-order valence-corrected chi connectivity index (χ2v) is 8.04. The van der Waals surface area contributed by atoms with Crippen LogP contribution in [0.5, 0.6) is 0 Å². The van der Waals surface area contributed by atoms with E-state index in [1.807, 2.05) is 0 Å². The summed E-state index contributed by atoms with van der Waals surface area (Å²) in [6.07, 6.45) is 1.80. The van der Waals surface area contributed by atoms with Crippen molar-refractivity contribution in [2.45, 2.75) is 38.6 Å². The van der Waals surface area contributed by atoms with Crippen LogP contribution in [0, 0.1) is 19.7 Å². The molecule has 0 radical (unpaired) electrons. The van der Waals surface area contributed by atoms with Gasteiger partial charge in [-0.3, -0.25) is 4.79 Å². The number of carbonyl (C=O) groups excluding carboxylic acids is 1. The Labute approximate surface area is 154 Å². The molecule has 0 atom stereocenters. The first-order valence-corrected chi connectivity index (χ1v) is 9.98. The highest BCUT2D eigenvalue weighted by Crippen LogP contribution is 2.35. The lowest BCUT2D eigenvalue weighted by atomic mass is 10.1. The summed E-state index contributed by atoms with van der Waals surface area (Å²) in [5.41, 5.74) is 1.70. The zero-order valence-electron chi connectivity index (χ0n) is 14.4. The van der Waals surface area contributed by atoms with E-state index in [1.54, 1.807) is 11.3 Å². The topological polar surface area (TPSA) is 42.9 Å². The number of ketones is 1. The number of hydrogen-bond acceptors (Lipinski definition) is 5. The van der Waals surface area contributed by atoms with Crippen LogP contribution in [0.2, 0.25) is 0 Å². The van der Waals surface area contributed by atoms with Gasteiger partial charge in [-0.15, -0.1) is 11.3 Å². The van der Waals surface area contributed by atoms with Gasteiger partial charge in [-0.25, -0.2) is 14.4 Å². The van der Waals surface area contributed by atoms with E-state index < -0.39 is 0 Å². The molecule has 0 aliphatic heterocycles. The van der Waals surface area contributed by atoms with Gasteiger partial charge in [0.15, 0.2) is 5.78 Å².